The second-order valence-corrected chi connectivity index (χ2v) is 5.10. The highest BCUT2D eigenvalue weighted by atomic mass is 32.1. The lowest BCUT2D eigenvalue weighted by atomic mass is 10.1. The number of rotatable bonds is 5. The van der Waals surface area contributed by atoms with Crippen molar-refractivity contribution in [3.05, 3.63) is 22.4 Å². The van der Waals surface area contributed by atoms with Gasteiger partial charge in [-0.25, -0.2) is 0 Å². The van der Waals surface area contributed by atoms with Crippen LogP contribution in [-0.2, 0) is 4.79 Å². The monoisotopic (exact) mass is 240 g/mol. The van der Waals surface area contributed by atoms with Crippen LogP contribution in [0.3, 0.4) is 0 Å². The summed E-state index contributed by atoms with van der Waals surface area (Å²) >= 11 is 1.68. The Morgan fingerprint density at radius 1 is 1.56 bits per heavy atom. The predicted molar refractivity (Wildman–Crippen MR) is 68.3 cm³/mol. The molecule has 1 heterocycles. The molecule has 16 heavy (non-hydrogen) atoms. The van der Waals surface area contributed by atoms with Gasteiger partial charge in [-0.1, -0.05) is 13.0 Å². The van der Waals surface area contributed by atoms with E-state index in [0.717, 1.165) is 6.42 Å². The van der Waals surface area contributed by atoms with Gasteiger partial charge in [0.1, 0.15) is 0 Å². The van der Waals surface area contributed by atoms with E-state index in [4.69, 9.17) is 5.73 Å². The Balaban J connectivity index is 2.63. The summed E-state index contributed by atoms with van der Waals surface area (Å²) in [5.41, 5.74) is 5.47. The summed E-state index contributed by atoms with van der Waals surface area (Å²) in [4.78, 5) is 15.1. The molecule has 2 unspecified atom stereocenters. The normalized spacial score (nSPS) is 14.5. The van der Waals surface area contributed by atoms with Crippen molar-refractivity contribution in [3.8, 4) is 0 Å². The van der Waals surface area contributed by atoms with Crippen molar-refractivity contribution in [3.63, 3.8) is 0 Å². The smallest absolute Gasteiger partial charge is 0.225 e. The number of hydrogen-bond acceptors (Lipinski definition) is 3. The zero-order valence-corrected chi connectivity index (χ0v) is 11.0. The molecule has 4 heteroatoms. The summed E-state index contributed by atoms with van der Waals surface area (Å²) < 4.78 is 0. The topological polar surface area (TPSA) is 46.3 Å². The van der Waals surface area contributed by atoms with Crippen LogP contribution in [-0.4, -0.2) is 24.4 Å². The first-order chi connectivity index (χ1) is 7.57. The number of amides is 1. The molecule has 0 spiro atoms. The molecule has 0 radical (unpaired) electrons. The first-order valence-corrected chi connectivity index (χ1v) is 6.46. The van der Waals surface area contributed by atoms with Crippen molar-refractivity contribution in [1.82, 2.24) is 4.90 Å². The Kier molecular flexibility index (Phi) is 4.96. The van der Waals surface area contributed by atoms with Crippen molar-refractivity contribution in [2.75, 3.05) is 13.6 Å². The molecule has 0 bridgehead atoms. The minimum Gasteiger partial charge on any atom is -0.338 e. The lowest BCUT2D eigenvalue weighted by molar-refractivity contribution is -0.135. The summed E-state index contributed by atoms with van der Waals surface area (Å²) in [6.45, 7) is 4.56. The molecule has 1 rings (SSSR count). The Bertz CT molecular complexity index is 324. The van der Waals surface area contributed by atoms with Crippen LogP contribution in [0.25, 0.3) is 0 Å². The number of nitrogens with zero attached hydrogens (tertiary/aromatic N) is 1. The number of hydrogen-bond donors (Lipinski definition) is 1. The van der Waals surface area contributed by atoms with E-state index >= 15 is 0 Å². The Morgan fingerprint density at radius 2 is 2.25 bits per heavy atom. The maximum atomic E-state index is 12.0. The van der Waals surface area contributed by atoms with E-state index in [-0.39, 0.29) is 17.9 Å². The van der Waals surface area contributed by atoms with Crippen LogP contribution in [0.5, 0.6) is 0 Å². The summed E-state index contributed by atoms with van der Waals surface area (Å²) in [5, 5.41) is 2.04. The van der Waals surface area contributed by atoms with E-state index in [9.17, 15) is 4.79 Å². The predicted octanol–water partition coefficient (Wildman–Crippen LogP) is 2.25. The van der Waals surface area contributed by atoms with Crippen LogP contribution < -0.4 is 5.73 Å². The largest absolute Gasteiger partial charge is 0.338 e. The molecule has 1 aromatic rings. The highest BCUT2D eigenvalue weighted by Crippen LogP contribution is 2.24. The molecular formula is C12H20N2OS. The molecule has 0 aliphatic carbocycles. The van der Waals surface area contributed by atoms with Gasteiger partial charge in [0.05, 0.1) is 6.04 Å². The lowest BCUT2D eigenvalue weighted by Gasteiger charge is -2.26. The first-order valence-electron chi connectivity index (χ1n) is 5.58. The fourth-order valence-corrected chi connectivity index (χ4v) is 2.46. The summed E-state index contributed by atoms with van der Waals surface area (Å²) in [6, 6.07) is 4.22. The average Bonchev–Trinajstić information content (AvgIpc) is 2.79. The minimum absolute atomic E-state index is 0.0115. The first kappa shape index (κ1) is 13.2. The molecule has 0 aliphatic heterocycles. The van der Waals surface area contributed by atoms with E-state index in [1.54, 1.807) is 11.3 Å². The van der Waals surface area contributed by atoms with Crippen LogP contribution in [0.15, 0.2) is 17.5 Å². The third kappa shape index (κ3) is 3.06. The van der Waals surface area contributed by atoms with Crippen molar-refractivity contribution in [2.24, 2.45) is 11.7 Å². The Hall–Kier alpha value is -0.870. The zero-order chi connectivity index (χ0) is 12.1. The van der Waals surface area contributed by atoms with Gasteiger partial charge in [-0.2, -0.15) is 0 Å². The molecule has 3 nitrogen and oxygen atoms in total. The number of carbonyl (C=O) groups is 1. The van der Waals surface area contributed by atoms with Gasteiger partial charge < -0.3 is 10.6 Å². The molecule has 2 N–H and O–H groups in total. The van der Waals surface area contributed by atoms with E-state index < -0.39 is 0 Å². The van der Waals surface area contributed by atoms with Crippen LogP contribution in [0.1, 0.15) is 31.2 Å². The minimum atomic E-state index is 0.0115. The number of carbonyl (C=O) groups excluding carboxylic acids is 1. The van der Waals surface area contributed by atoms with Crippen LogP contribution >= 0.6 is 11.3 Å². The molecule has 0 saturated heterocycles. The van der Waals surface area contributed by atoms with Crippen molar-refractivity contribution in [1.29, 1.82) is 0 Å². The zero-order valence-electron chi connectivity index (χ0n) is 10.1. The van der Waals surface area contributed by atoms with Gasteiger partial charge in [-0.05, 0) is 31.3 Å². The SMILES string of the molecule is CC(CCN)C(=O)N(C)C(C)c1cccs1. The van der Waals surface area contributed by atoms with Crippen LogP contribution in [0.4, 0.5) is 0 Å². The van der Waals surface area contributed by atoms with E-state index in [1.807, 2.05) is 30.3 Å². The van der Waals surface area contributed by atoms with Gasteiger partial charge in [0, 0.05) is 17.8 Å². The van der Waals surface area contributed by atoms with Gasteiger partial charge >= 0.3 is 0 Å². The standard InChI is InChI=1S/C12H20N2OS/c1-9(6-7-13)12(15)14(3)10(2)11-5-4-8-16-11/h4-5,8-10H,6-7,13H2,1-3H3. The molecule has 1 amide bonds. The second kappa shape index (κ2) is 6.01. The van der Waals surface area contributed by atoms with E-state index in [1.165, 1.54) is 4.88 Å². The van der Waals surface area contributed by atoms with Gasteiger partial charge in [-0.3, -0.25) is 4.79 Å². The van der Waals surface area contributed by atoms with E-state index in [0.29, 0.717) is 6.54 Å². The lowest BCUT2D eigenvalue weighted by Crippen LogP contribution is -2.34. The molecule has 0 aromatic carbocycles. The van der Waals surface area contributed by atoms with Gasteiger partial charge in [-0.15, -0.1) is 11.3 Å². The van der Waals surface area contributed by atoms with Gasteiger partial charge in [0.25, 0.3) is 0 Å². The summed E-state index contributed by atoms with van der Waals surface area (Å²) in [5.74, 6) is 0.184. The van der Waals surface area contributed by atoms with Crippen molar-refractivity contribution < 1.29 is 4.79 Å². The molecule has 0 saturated carbocycles. The average molecular weight is 240 g/mol. The Labute approximate surface area is 101 Å². The molecule has 2 atom stereocenters. The summed E-state index contributed by atoms with van der Waals surface area (Å²) in [6.07, 6.45) is 0.750. The molecular weight excluding hydrogens is 220 g/mol. The third-order valence-electron chi connectivity index (χ3n) is 2.90. The molecule has 0 fully saturated rings. The van der Waals surface area contributed by atoms with Crippen LogP contribution in [0.2, 0.25) is 0 Å². The van der Waals surface area contributed by atoms with Gasteiger partial charge in [0.15, 0.2) is 0 Å². The molecule has 90 valence electrons. The van der Waals surface area contributed by atoms with Crippen LogP contribution in [0, 0.1) is 5.92 Å². The van der Waals surface area contributed by atoms with Crippen molar-refractivity contribution >= 4 is 17.2 Å². The quantitative estimate of drug-likeness (QED) is 0.858. The number of nitrogens with two attached hydrogens (primary N) is 1. The molecule has 1 aromatic heterocycles. The fraction of sp³-hybridized carbons (Fsp3) is 0.583. The fourth-order valence-electron chi connectivity index (χ4n) is 1.63. The second-order valence-electron chi connectivity index (χ2n) is 4.12. The molecule has 0 aliphatic rings. The highest BCUT2D eigenvalue weighted by molar-refractivity contribution is 7.10. The van der Waals surface area contributed by atoms with Crippen molar-refractivity contribution in [2.45, 2.75) is 26.3 Å². The highest BCUT2D eigenvalue weighted by Gasteiger charge is 2.22. The van der Waals surface area contributed by atoms with E-state index in [2.05, 4.69) is 13.0 Å². The Morgan fingerprint density at radius 3 is 2.75 bits per heavy atom. The van der Waals surface area contributed by atoms with Gasteiger partial charge in [0.2, 0.25) is 5.91 Å². The number of thiophene rings is 1. The summed E-state index contributed by atoms with van der Waals surface area (Å²) in [7, 11) is 1.86. The third-order valence-corrected chi connectivity index (χ3v) is 3.95. The maximum absolute atomic E-state index is 12.0. The maximum Gasteiger partial charge on any atom is 0.225 e.